The Morgan fingerprint density at radius 2 is 1.91 bits per heavy atom. The van der Waals surface area contributed by atoms with E-state index in [2.05, 4.69) is 10.3 Å². The quantitative estimate of drug-likeness (QED) is 0.625. The maximum Gasteiger partial charge on any atom is 0.352 e. The van der Waals surface area contributed by atoms with Gasteiger partial charge in [-0.2, -0.15) is 0 Å². The normalized spacial score (nSPS) is 10.9. The number of aromatic amines is 1. The van der Waals surface area contributed by atoms with Crippen molar-refractivity contribution >= 4 is 51.4 Å². The second-order valence-corrected chi connectivity index (χ2v) is 5.44. The Labute approximate surface area is 134 Å². The summed E-state index contributed by atoms with van der Waals surface area (Å²) in [6, 6.07) is 9.06. The first-order valence-corrected chi connectivity index (χ1v) is 6.98. The highest BCUT2D eigenvalue weighted by Crippen LogP contribution is 2.33. The van der Waals surface area contributed by atoms with E-state index in [4.69, 9.17) is 28.3 Å². The van der Waals surface area contributed by atoms with Gasteiger partial charge in [0.15, 0.2) is 0 Å². The lowest BCUT2D eigenvalue weighted by molar-refractivity contribution is 0.0691. The van der Waals surface area contributed by atoms with Crippen molar-refractivity contribution in [2.75, 3.05) is 5.32 Å². The minimum Gasteiger partial charge on any atom is -0.477 e. The Bertz CT molecular complexity index is 893. The topological polar surface area (TPSA) is 65.1 Å². The largest absolute Gasteiger partial charge is 0.477 e. The first-order chi connectivity index (χ1) is 10.5. The molecule has 2 aromatic carbocycles. The Morgan fingerprint density at radius 1 is 1.14 bits per heavy atom. The Balaban J connectivity index is 2.08. The Kier molecular flexibility index (Phi) is 3.68. The third kappa shape index (κ3) is 2.61. The molecule has 4 nitrogen and oxygen atoms in total. The van der Waals surface area contributed by atoms with Gasteiger partial charge in [0, 0.05) is 16.8 Å². The fourth-order valence-electron chi connectivity index (χ4n) is 2.14. The number of fused-ring (bicyclic) bond motifs is 1. The monoisotopic (exact) mass is 338 g/mol. The summed E-state index contributed by atoms with van der Waals surface area (Å²) in [5.74, 6) is -1.59. The van der Waals surface area contributed by atoms with Gasteiger partial charge in [0.05, 0.1) is 15.6 Å². The van der Waals surface area contributed by atoms with Gasteiger partial charge < -0.3 is 15.4 Å². The number of carbonyl (C=O) groups is 1. The van der Waals surface area contributed by atoms with Gasteiger partial charge in [-0.3, -0.25) is 0 Å². The molecule has 0 bridgehead atoms. The summed E-state index contributed by atoms with van der Waals surface area (Å²) in [7, 11) is 0. The number of hydrogen-bond acceptors (Lipinski definition) is 2. The molecule has 0 spiro atoms. The number of hydrogen-bond donors (Lipinski definition) is 3. The van der Waals surface area contributed by atoms with Crippen LogP contribution in [0.15, 0.2) is 36.4 Å². The van der Waals surface area contributed by atoms with Crippen LogP contribution in [0.1, 0.15) is 10.5 Å². The first kappa shape index (κ1) is 14.7. The molecule has 22 heavy (non-hydrogen) atoms. The summed E-state index contributed by atoms with van der Waals surface area (Å²) in [6.45, 7) is 0. The third-order valence-electron chi connectivity index (χ3n) is 3.17. The number of aromatic nitrogens is 1. The highest BCUT2D eigenvalue weighted by Gasteiger charge is 2.13. The fraction of sp³-hybridized carbons (Fsp3) is 0. The molecule has 0 aliphatic heterocycles. The summed E-state index contributed by atoms with van der Waals surface area (Å²) in [4.78, 5) is 13.8. The Hall–Kier alpha value is -2.24. The van der Waals surface area contributed by atoms with E-state index in [1.807, 2.05) is 0 Å². The SMILES string of the molecule is O=C(O)c1cc2c(Nc3ccc(F)c(Cl)c3)ccc(Cl)c2[nH]1. The molecule has 0 saturated heterocycles. The molecular weight excluding hydrogens is 330 g/mol. The first-order valence-electron chi connectivity index (χ1n) is 6.22. The van der Waals surface area contributed by atoms with E-state index in [0.717, 1.165) is 0 Å². The van der Waals surface area contributed by atoms with E-state index in [1.165, 1.54) is 24.3 Å². The number of carboxylic acid groups (broad SMARTS) is 1. The zero-order valence-electron chi connectivity index (χ0n) is 11.0. The lowest BCUT2D eigenvalue weighted by Gasteiger charge is -2.09. The van der Waals surface area contributed by atoms with Crippen molar-refractivity contribution in [2.45, 2.75) is 0 Å². The molecule has 0 amide bonds. The lowest BCUT2D eigenvalue weighted by atomic mass is 10.2. The van der Waals surface area contributed by atoms with E-state index < -0.39 is 11.8 Å². The molecule has 0 unspecified atom stereocenters. The van der Waals surface area contributed by atoms with Crippen LogP contribution < -0.4 is 5.32 Å². The van der Waals surface area contributed by atoms with Gasteiger partial charge in [-0.15, -0.1) is 0 Å². The highest BCUT2D eigenvalue weighted by molar-refractivity contribution is 6.35. The zero-order chi connectivity index (χ0) is 15.9. The van der Waals surface area contributed by atoms with Gasteiger partial charge >= 0.3 is 5.97 Å². The van der Waals surface area contributed by atoms with E-state index in [0.29, 0.717) is 27.3 Å². The van der Waals surface area contributed by atoms with Crippen molar-refractivity contribution in [1.82, 2.24) is 4.98 Å². The Morgan fingerprint density at radius 3 is 2.59 bits per heavy atom. The van der Waals surface area contributed by atoms with Gasteiger partial charge in [-0.05, 0) is 36.4 Å². The van der Waals surface area contributed by atoms with Crippen LogP contribution in [0, 0.1) is 5.82 Å². The predicted octanol–water partition coefficient (Wildman–Crippen LogP) is 5.06. The molecule has 0 fully saturated rings. The zero-order valence-corrected chi connectivity index (χ0v) is 12.5. The molecule has 3 aromatic rings. The molecule has 7 heteroatoms. The van der Waals surface area contributed by atoms with Crippen molar-refractivity contribution in [3.05, 3.63) is 58.0 Å². The maximum atomic E-state index is 13.2. The fourth-order valence-corrected chi connectivity index (χ4v) is 2.53. The van der Waals surface area contributed by atoms with Crippen LogP contribution in [0.3, 0.4) is 0 Å². The van der Waals surface area contributed by atoms with Gasteiger partial charge in [-0.1, -0.05) is 23.2 Å². The molecule has 112 valence electrons. The molecule has 1 heterocycles. The highest BCUT2D eigenvalue weighted by atomic mass is 35.5. The second kappa shape index (κ2) is 5.51. The maximum absolute atomic E-state index is 13.2. The number of H-pyrrole nitrogens is 1. The van der Waals surface area contributed by atoms with Crippen LogP contribution in [0.25, 0.3) is 10.9 Å². The van der Waals surface area contributed by atoms with Gasteiger partial charge in [0.1, 0.15) is 11.5 Å². The molecule has 3 rings (SSSR count). The summed E-state index contributed by atoms with van der Waals surface area (Å²) in [6.07, 6.45) is 0. The molecule has 0 atom stereocenters. The molecule has 3 N–H and O–H groups in total. The number of nitrogens with one attached hydrogen (secondary N) is 2. The number of carboxylic acids is 1. The van der Waals surface area contributed by atoms with Crippen LogP contribution in [-0.4, -0.2) is 16.1 Å². The minimum atomic E-state index is -1.08. The van der Waals surface area contributed by atoms with E-state index in [9.17, 15) is 9.18 Å². The summed E-state index contributed by atoms with van der Waals surface area (Å²) < 4.78 is 13.2. The van der Waals surface area contributed by atoms with Crippen molar-refractivity contribution < 1.29 is 14.3 Å². The second-order valence-electron chi connectivity index (χ2n) is 4.63. The molecule has 0 aliphatic rings. The average Bonchev–Trinajstić information content (AvgIpc) is 2.92. The third-order valence-corrected chi connectivity index (χ3v) is 3.78. The van der Waals surface area contributed by atoms with E-state index in [1.54, 1.807) is 12.1 Å². The van der Waals surface area contributed by atoms with E-state index in [-0.39, 0.29) is 10.7 Å². The number of anilines is 2. The minimum absolute atomic E-state index is 0.00417. The van der Waals surface area contributed by atoms with Crippen LogP contribution in [0.5, 0.6) is 0 Å². The molecular formula is C15H9Cl2FN2O2. The van der Waals surface area contributed by atoms with Crippen LogP contribution in [0.4, 0.5) is 15.8 Å². The molecule has 0 saturated carbocycles. The van der Waals surface area contributed by atoms with E-state index >= 15 is 0 Å². The molecule has 0 aliphatic carbocycles. The summed E-state index contributed by atoms with van der Waals surface area (Å²) in [5.41, 5.74) is 1.75. The summed E-state index contributed by atoms with van der Waals surface area (Å²) in [5, 5.41) is 13.2. The summed E-state index contributed by atoms with van der Waals surface area (Å²) >= 11 is 11.8. The number of rotatable bonds is 3. The van der Waals surface area contributed by atoms with Gasteiger partial charge in [-0.25, -0.2) is 9.18 Å². The number of halogens is 3. The van der Waals surface area contributed by atoms with Gasteiger partial charge in [0.25, 0.3) is 0 Å². The van der Waals surface area contributed by atoms with Gasteiger partial charge in [0.2, 0.25) is 0 Å². The standard InChI is InChI=1S/C15H9Cl2FN2O2/c16-9-2-4-12(8-6-13(15(21)22)20-14(8)9)19-7-1-3-11(18)10(17)5-7/h1-6,19-20H,(H,21,22). The van der Waals surface area contributed by atoms with Crippen LogP contribution >= 0.6 is 23.2 Å². The molecule has 1 aromatic heterocycles. The van der Waals surface area contributed by atoms with Crippen molar-refractivity contribution in [3.63, 3.8) is 0 Å². The van der Waals surface area contributed by atoms with Crippen LogP contribution in [0.2, 0.25) is 10.0 Å². The predicted molar refractivity (Wildman–Crippen MR) is 85.0 cm³/mol. The smallest absolute Gasteiger partial charge is 0.352 e. The average molecular weight is 339 g/mol. The number of benzene rings is 2. The lowest BCUT2D eigenvalue weighted by Crippen LogP contribution is -1.94. The van der Waals surface area contributed by atoms with Crippen molar-refractivity contribution in [3.8, 4) is 0 Å². The van der Waals surface area contributed by atoms with Crippen LogP contribution in [-0.2, 0) is 0 Å². The van der Waals surface area contributed by atoms with Crippen molar-refractivity contribution in [2.24, 2.45) is 0 Å². The number of aromatic carboxylic acids is 1. The molecule has 0 radical (unpaired) electrons. The van der Waals surface area contributed by atoms with Crippen molar-refractivity contribution in [1.29, 1.82) is 0 Å².